The average Bonchev–Trinajstić information content (AvgIpc) is 3.14. The molecule has 2 saturated carbocycles. The number of benzene rings is 1. The Morgan fingerprint density at radius 1 is 1.19 bits per heavy atom. The summed E-state index contributed by atoms with van der Waals surface area (Å²) in [5.41, 5.74) is 1.63. The van der Waals surface area contributed by atoms with Crippen molar-refractivity contribution in [1.82, 2.24) is 4.90 Å². The Balaban J connectivity index is 1.51. The predicted molar refractivity (Wildman–Crippen MR) is 101 cm³/mol. The van der Waals surface area contributed by atoms with Crippen molar-refractivity contribution in [2.45, 2.75) is 57.8 Å². The summed E-state index contributed by atoms with van der Waals surface area (Å²) in [4.78, 5) is 14.4. The van der Waals surface area contributed by atoms with Crippen LogP contribution < -0.4 is 0 Å². The fourth-order valence-corrected chi connectivity index (χ4v) is 6.55. The van der Waals surface area contributed by atoms with Gasteiger partial charge in [-0.3, -0.25) is 4.79 Å². The standard InChI is InChI=1S/C23H29NO2/c1-5-24-19-15(11-14-9-7-6-8-10-14)16-12-17-18(22(17,2)3)13-23(16,4)26-20(19)21(24)25/h5-10,15-20H,1,11-13H2,2-4H3/t15-,16+,17+,18-,19+,20-,23+/m0/s1. The fourth-order valence-electron chi connectivity index (χ4n) is 6.55. The summed E-state index contributed by atoms with van der Waals surface area (Å²) in [5, 5.41) is 0. The van der Waals surface area contributed by atoms with Crippen LogP contribution >= 0.6 is 0 Å². The number of nitrogens with zero attached hydrogens (tertiary/aromatic N) is 1. The Hall–Kier alpha value is -1.61. The van der Waals surface area contributed by atoms with Crippen molar-refractivity contribution in [3.63, 3.8) is 0 Å². The van der Waals surface area contributed by atoms with E-state index in [0.717, 1.165) is 24.7 Å². The molecule has 0 unspecified atom stereocenters. The molecule has 5 rings (SSSR count). The van der Waals surface area contributed by atoms with E-state index in [2.05, 4.69) is 57.7 Å². The van der Waals surface area contributed by atoms with Crippen LogP contribution in [0.15, 0.2) is 43.1 Å². The number of hydrogen-bond acceptors (Lipinski definition) is 2. The van der Waals surface area contributed by atoms with Gasteiger partial charge in [-0.2, -0.15) is 0 Å². The lowest BCUT2D eigenvalue weighted by atomic mass is 9.61. The number of carbonyl (C=O) groups is 1. The molecular formula is C23H29NO2. The summed E-state index contributed by atoms with van der Waals surface area (Å²) in [6, 6.07) is 10.9. The maximum atomic E-state index is 12.6. The number of amides is 1. The van der Waals surface area contributed by atoms with Gasteiger partial charge in [-0.15, -0.1) is 0 Å². The van der Waals surface area contributed by atoms with Crippen LogP contribution in [-0.4, -0.2) is 28.6 Å². The smallest absolute Gasteiger partial charge is 0.258 e. The summed E-state index contributed by atoms with van der Waals surface area (Å²) in [5.74, 6) is 2.60. The minimum Gasteiger partial charge on any atom is -0.360 e. The van der Waals surface area contributed by atoms with Gasteiger partial charge in [0.2, 0.25) is 0 Å². The molecule has 0 aromatic heterocycles. The van der Waals surface area contributed by atoms with Crippen molar-refractivity contribution in [3.05, 3.63) is 48.7 Å². The maximum Gasteiger partial charge on any atom is 0.258 e. The predicted octanol–water partition coefficient (Wildman–Crippen LogP) is 4.04. The van der Waals surface area contributed by atoms with E-state index in [1.54, 1.807) is 6.20 Å². The Kier molecular flexibility index (Phi) is 3.32. The number of likely N-dealkylation sites (tertiary alicyclic amines) is 1. The second kappa shape index (κ2) is 5.22. The average molecular weight is 351 g/mol. The monoisotopic (exact) mass is 351 g/mol. The van der Waals surface area contributed by atoms with Crippen LogP contribution in [-0.2, 0) is 16.0 Å². The first kappa shape index (κ1) is 16.6. The van der Waals surface area contributed by atoms with Gasteiger partial charge in [0.05, 0.1) is 11.6 Å². The maximum absolute atomic E-state index is 12.6. The molecule has 138 valence electrons. The minimum absolute atomic E-state index is 0.0971. The Bertz CT molecular complexity index is 757. The van der Waals surface area contributed by atoms with Gasteiger partial charge in [0.15, 0.2) is 6.10 Å². The largest absolute Gasteiger partial charge is 0.360 e. The van der Waals surface area contributed by atoms with Gasteiger partial charge in [0, 0.05) is 6.20 Å². The number of rotatable bonds is 3. The van der Waals surface area contributed by atoms with E-state index in [-0.39, 0.29) is 23.7 Å². The van der Waals surface area contributed by atoms with E-state index in [1.807, 2.05) is 4.90 Å². The first-order valence-corrected chi connectivity index (χ1v) is 10.0. The van der Waals surface area contributed by atoms with Gasteiger partial charge < -0.3 is 9.64 Å². The molecule has 0 N–H and O–H groups in total. The number of carbonyl (C=O) groups excluding carboxylic acids is 1. The van der Waals surface area contributed by atoms with Crippen molar-refractivity contribution in [2.24, 2.45) is 29.1 Å². The molecule has 0 spiro atoms. The molecule has 2 aliphatic heterocycles. The van der Waals surface area contributed by atoms with Crippen molar-refractivity contribution in [1.29, 1.82) is 0 Å². The highest BCUT2D eigenvalue weighted by molar-refractivity contribution is 5.89. The molecule has 1 amide bonds. The van der Waals surface area contributed by atoms with E-state index in [0.29, 0.717) is 17.3 Å². The molecule has 1 aromatic carbocycles. The molecule has 4 aliphatic rings. The summed E-state index contributed by atoms with van der Waals surface area (Å²) in [6.07, 6.45) is 4.78. The van der Waals surface area contributed by atoms with Crippen LogP contribution in [0.3, 0.4) is 0 Å². The first-order valence-electron chi connectivity index (χ1n) is 10.0. The second-order valence-corrected chi connectivity index (χ2v) is 9.70. The molecule has 2 saturated heterocycles. The van der Waals surface area contributed by atoms with Crippen LogP contribution in [0.4, 0.5) is 0 Å². The van der Waals surface area contributed by atoms with Gasteiger partial charge in [0.1, 0.15) is 0 Å². The second-order valence-electron chi connectivity index (χ2n) is 9.70. The van der Waals surface area contributed by atoms with Crippen LogP contribution in [0.5, 0.6) is 0 Å². The van der Waals surface area contributed by atoms with Crippen molar-refractivity contribution in [2.75, 3.05) is 0 Å². The zero-order chi connectivity index (χ0) is 18.3. The molecule has 0 bridgehead atoms. The van der Waals surface area contributed by atoms with Gasteiger partial charge in [0.25, 0.3) is 5.91 Å². The number of ether oxygens (including phenoxy) is 1. The Labute approximate surface area is 156 Å². The Morgan fingerprint density at radius 3 is 2.62 bits per heavy atom. The van der Waals surface area contributed by atoms with Crippen molar-refractivity contribution >= 4 is 5.91 Å². The quantitative estimate of drug-likeness (QED) is 0.769. The van der Waals surface area contributed by atoms with Crippen LogP contribution in [0.1, 0.15) is 39.2 Å². The van der Waals surface area contributed by atoms with Crippen LogP contribution in [0.25, 0.3) is 0 Å². The lowest BCUT2D eigenvalue weighted by Gasteiger charge is -2.61. The molecule has 4 fully saturated rings. The molecule has 1 aromatic rings. The molecule has 7 atom stereocenters. The van der Waals surface area contributed by atoms with Crippen molar-refractivity contribution < 1.29 is 9.53 Å². The highest BCUT2D eigenvalue weighted by Gasteiger charge is 2.70. The van der Waals surface area contributed by atoms with E-state index in [4.69, 9.17) is 4.74 Å². The Morgan fingerprint density at radius 2 is 1.92 bits per heavy atom. The third-order valence-electron chi connectivity index (χ3n) is 8.20. The third-order valence-corrected chi connectivity index (χ3v) is 8.20. The van der Waals surface area contributed by atoms with E-state index < -0.39 is 0 Å². The first-order chi connectivity index (χ1) is 12.4. The zero-order valence-electron chi connectivity index (χ0n) is 16.0. The summed E-state index contributed by atoms with van der Waals surface area (Å²) in [6.45, 7) is 11.0. The highest BCUT2D eigenvalue weighted by atomic mass is 16.5. The van der Waals surface area contributed by atoms with Gasteiger partial charge in [-0.25, -0.2) is 0 Å². The normalized spacial score (nSPS) is 45.0. The molecule has 2 aliphatic carbocycles. The van der Waals surface area contributed by atoms with Crippen LogP contribution in [0.2, 0.25) is 0 Å². The number of fused-ring (bicyclic) bond motifs is 3. The fraction of sp³-hybridized carbons (Fsp3) is 0.609. The van der Waals surface area contributed by atoms with Crippen molar-refractivity contribution in [3.8, 4) is 0 Å². The SMILES string of the molecule is C=CN1C(=O)[C@H]2O[C@]3(C)C[C@H]4[C@@H](C[C@@H]3[C@H](Cc3ccccc3)[C@H]21)C4(C)C. The zero-order valence-corrected chi connectivity index (χ0v) is 16.0. The molecule has 0 radical (unpaired) electrons. The van der Waals surface area contributed by atoms with Gasteiger partial charge in [-0.05, 0) is 60.8 Å². The minimum atomic E-state index is -0.277. The van der Waals surface area contributed by atoms with E-state index in [1.165, 1.54) is 12.0 Å². The van der Waals surface area contributed by atoms with Gasteiger partial charge >= 0.3 is 0 Å². The summed E-state index contributed by atoms with van der Waals surface area (Å²) >= 11 is 0. The topological polar surface area (TPSA) is 29.5 Å². The van der Waals surface area contributed by atoms with Crippen LogP contribution in [0, 0.1) is 29.1 Å². The van der Waals surface area contributed by atoms with E-state index in [9.17, 15) is 4.79 Å². The molecule has 26 heavy (non-hydrogen) atoms. The molecule has 3 heteroatoms. The molecule has 2 heterocycles. The molecule has 3 nitrogen and oxygen atoms in total. The van der Waals surface area contributed by atoms with Gasteiger partial charge in [-0.1, -0.05) is 50.8 Å². The lowest BCUT2D eigenvalue weighted by molar-refractivity contribution is -0.249. The van der Waals surface area contributed by atoms with E-state index >= 15 is 0 Å². The highest BCUT2D eigenvalue weighted by Crippen LogP contribution is 2.70. The lowest BCUT2D eigenvalue weighted by Crippen LogP contribution is -2.74. The number of β-lactam (4-membered cyclic amide) rings is 1. The summed E-state index contributed by atoms with van der Waals surface area (Å²) < 4.78 is 6.54. The molecular weight excluding hydrogens is 322 g/mol. The third kappa shape index (κ3) is 2.07. The number of hydrogen-bond donors (Lipinski definition) is 0. The summed E-state index contributed by atoms with van der Waals surface area (Å²) in [7, 11) is 0.